The highest BCUT2D eigenvalue weighted by molar-refractivity contribution is 7.99. The van der Waals surface area contributed by atoms with Gasteiger partial charge in [-0.15, -0.1) is 10.2 Å². The Morgan fingerprint density at radius 2 is 1.86 bits per heavy atom. The summed E-state index contributed by atoms with van der Waals surface area (Å²) in [6.07, 6.45) is 0. The molecule has 2 aromatic heterocycles. The van der Waals surface area contributed by atoms with Crippen molar-refractivity contribution < 1.29 is 4.79 Å². The first-order chi connectivity index (χ1) is 13.6. The zero-order valence-corrected chi connectivity index (χ0v) is 15.9. The fourth-order valence-corrected chi connectivity index (χ4v) is 3.36. The fraction of sp³-hybridized carbons (Fsp3) is 0.0556. The molecule has 0 aliphatic rings. The summed E-state index contributed by atoms with van der Waals surface area (Å²) in [6, 6.07) is 16.1. The van der Waals surface area contributed by atoms with Gasteiger partial charge in [0.15, 0.2) is 5.69 Å². The maximum absolute atomic E-state index is 12.3. The van der Waals surface area contributed by atoms with Crippen molar-refractivity contribution in [2.75, 3.05) is 11.1 Å². The highest BCUT2D eigenvalue weighted by atomic mass is 35.5. The number of aromatic nitrogens is 5. The molecule has 0 fully saturated rings. The van der Waals surface area contributed by atoms with Crippen LogP contribution in [0.25, 0.3) is 17.0 Å². The number of halogens is 1. The first-order valence-electron chi connectivity index (χ1n) is 8.20. The molecule has 0 bridgehead atoms. The number of carbonyl (C=O) groups excluding carboxylic acids is 1. The molecule has 0 aliphatic heterocycles. The van der Waals surface area contributed by atoms with Crippen molar-refractivity contribution in [3.05, 3.63) is 70.0 Å². The minimum Gasteiger partial charge on any atom is -0.324 e. The Labute approximate surface area is 168 Å². The molecular weight excluding hydrogens is 400 g/mol. The van der Waals surface area contributed by atoms with E-state index in [2.05, 4.69) is 25.6 Å². The van der Waals surface area contributed by atoms with Gasteiger partial charge in [0.25, 0.3) is 11.3 Å². The number of hydrogen-bond acceptors (Lipinski definition) is 6. The number of nitrogens with one attached hydrogen (secondary N) is 2. The lowest BCUT2D eigenvalue weighted by Gasteiger charge is -2.06. The molecule has 0 saturated heterocycles. The predicted molar refractivity (Wildman–Crippen MR) is 108 cm³/mol. The maximum Gasteiger partial charge on any atom is 0.279 e. The molecule has 8 nitrogen and oxygen atoms in total. The standard InChI is InChI=1S/C18H13ClN6O2S/c19-12-8-4-5-9-13(12)20-14(26)10-28-18-23-22-17-21-16(27)15(24-25(17)18)11-6-2-1-3-7-11/h1-9H,10H2,(H,20,26)(H,21,22,27). The van der Waals surface area contributed by atoms with Crippen molar-refractivity contribution >= 4 is 40.7 Å². The maximum atomic E-state index is 12.3. The summed E-state index contributed by atoms with van der Waals surface area (Å²) in [4.78, 5) is 27.1. The second-order valence-corrected chi connectivity index (χ2v) is 7.05. The van der Waals surface area contributed by atoms with E-state index < -0.39 is 0 Å². The topological polar surface area (TPSA) is 105 Å². The minimum absolute atomic E-state index is 0.0769. The Morgan fingerprint density at radius 1 is 1.11 bits per heavy atom. The van der Waals surface area contributed by atoms with E-state index in [9.17, 15) is 9.59 Å². The number of fused-ring (bicyclic) bond motifs is 1. The average Bonchev–Trinajstić information content (AvgIpc) is 3.10. The summed E-state index contributed by atoms with van der Waals surface area (Å²) in [5, 5.41) is 15.9. The quantitative estimate of drug-likeness (QED) is 0.488. The first kappa shape index (κ1) is 18.2. The molecule has 4 aromatic rings. The van der Waals surface area contributed by atoms with Crippen LogP contribution in [0.1, 0.15) is 0 Å². The van der Waals surface area contributed by atoms with Crippen molar-refractivity contribution in [3.8, 4) is 11.3 Å². The summed E-state index contributed by atoms with van der Waals surface area (Å²) in [5.41, 5.74) is 1.09. The Bertz CT molecular complexity index is 1210. The van der Waals surface area contributed by atoms with Crippen molar-refractivity contribution in [1.82, 2.24) is 24.8 Å². The number of anilines is 1. The van der Waals surface area contributed by atoms with E-state index in [0.29, 0.717) is 21.4 Å². The molecule has 1 amide bonds. The Kier molecular flexibility index (Phi) is 5.09. The lowest BCUT2D eigenvalue weighted by Crippen LogP contribution is -2.16. The van der Waals surface area contributed by atoms with Crippen LogP contribution in [0.3, 0.4) is 0 Å². The van der Waals surface area contributed by atoms with Crippen LogP contribution in [-0.4, -0.2) is 36.5 Å². The molecule has 28 heavy (non-hydrogen) atoms. The predicted octanol–water partition coefficient (Wildman–Crippen LogP) is 2.86. The molecule has 10 heteroatoms. The number of carbonyl (C=O) groups is 1. The highest BCUT2D eigenvalue weighted by Crippen LogP contribution is 2.22. The van der Waals surface area contributed by atoms with Gasteiger partial charge < -0.3 is 5.32 Å². The Morgan fingerprint density at radius 3 is 2.64 bits per heavy atom. The van der Waals surface area contributed by atoms with E-state index in [4.69, 9.17) is 11.6 Å². The molecular formula is C18H13ClN6O2S. The number of nitrogens with zero attached hydrogens (tertiary/aromatic N) is 4. The van der Waals surface area contributed by atoms with Crippen molar-refractivity contribution in [2.24, 2.45) is 0 Å². The van der Waals surface area contributed by atoms with Crippen molar-refractivity contribution in [2.45, 2.75) is 5.16 Å². The monoisotopic (exact) mass is 412 g/mol. The van der Waals surface area contributed by atoms with Crippen LogP contribution in [0.5, 0.6) is 0 Å². The van der Waals surface area contributed by atoms with Gasteiger partial charge in [-0.2, -0.15) is 9.61 Å². The number of amides is 1. The first-order valence-corrected chi connectivity index (χ1v) is 9.56. The number of aromatic amines is 1. The average molecular weight is 413 g/mol. The van der Waals surface area contributed by atoms with E-state index in [0.717, 1.165) is 11.8 Å². The Balaban J connectivity index is 1.55. The third-order valence-corrected chi connectivity index (χ3v) is 5.03. The van der Waals surface area contributed by atoms with E-state index in [1.54, 1.807) is 36.4 Å². The summed E-state index contributed by atoms with van der Waals surface area (Å²) in [5.74, 6) is 0.0364. The van der Waals surface area contributed by atoms with Crippen LogP contribution in [0.15, 0.2) is 64.5 Å². The molecule has 140 valence electrons. The third-order valence-electron chi connectivity index (χ3n) is 3.78. The number of rotatable bonds is 5. The van der Waals surface area contributed by atoms with Crippen molar-refractivity contribution in [3.63, 3.8) is 0 Å². The van der Waals surface area contributed by atoms with Crippen LogP contribution in [0, 0.1) is 0 Å². The van der Waals surface area contributed by atoms with Gasteiger partial charge in [-0.05, 0) is 12.1 Å². The number of hydrogen-bond donors (Lipinski definition) is 2. The number of thioether (sulfide) groups is 1. The highest BCUT2D eigenvalue weighted by Gasteiger charge is 2.15. The molecule has 2 aromatic carbocycles. The molecule has 0 atom stereocenters. The zero-order valence-electron chi connectivity index (χ0n) is 14.3. The van der Waals surface area contributed by atoms with Gasteiger partial charge in [0.05, 0.1) is 16.5 Å². The van der Waals surface area contributed by atoms with Crippen LogP contribution in [0.2, 0.25) is 5.02 Å². The van der Waals surface area contributed by atoms with Crippen LogP contribution < -0.4 is 10.9 Å². The molecule has 0 saturated carbocycles. The SMILES string of the molecule is O=C(CSc1nnc2[nH]c(=O)c(-c3ccccc3)nn12)Nc1ccccc1Cl. The van der Waals surface area contributed by atoms with Crippen LogP contribution in [-0.2, 0) is 4.79 Å². The van der Waals surface area contributed by atoms with Crippen LogP contribution >= 0.6 is 23.4 Å². The molecule has 4 rings (SSSR count). The molecule has 2 heterocycles. The van der Waals surface area contributed by atoms with E-state index in [1.165, 1.54) is 4.52 Å². The van der Waals surface area contributed by atoms with Crippen molar-refractivity contribution in [1.29, 1.82) is 0 Å². The second kappa shape index (κ2) is 7.83. The summed E-state index contributed by atoms with van der Waals surface area (Å²) < 4.78 is 1.41. The van der Waals surface area contributed by atoms with Gasteiger partial charge >= 0.3 is 0 Å². The fourth-order valence-electron chi connectivity index (χ4n) is 2.49. The molecule has 0 spiro atoms. The molecule has 0 radical (unpaired) electrons. The van der Waals surface area contributed by atoms with Gasteiger partial charge in [-0.1, -0.05) is 65.8 Å². The van der Waals surface area contributed by atoms with Gasteiger partial charge in [0.1, 0.15) is 0 Å². The molecule has 0 aliphatic carbocycles. The third kappa shape index (κ3) is 3.75. The van der Waals surface area contributed by atoms with Gasteiger partial charge in [-0.3, -0.25) is 14.6 Å². The molecule has 0 unspecified atom stereocenters. The number of H-pyrrole nitrogens is 1. The minimum atomic E-state index is -0.362. The lowest BCUT2D eigenvalue weighted by atomic mass is 10.2. The number of para-hydroxylation sites is 1. The second-order valence-electron chi connectivity index (χ2n) is 5.70. The van der Waals surface area contributed by atoms with Gasteiger partial charge in [0.2, 0.25) is 11.1 Å². The Hall–Kier alpha value is -3.17. The largest absolute Gasteiger partial charge is 0.324 e. The lowest BCUT2D eigenvalue weighted by molar-refractivity contribution is -0.113. The number of benzene rings is 2. The van der Waals surface area contributed by atoms with Gasteiger partial charge in [-0.25, -0.2) is 0 Å². The zero-order chi connectivity index (χ0) is 19.5. The smallest absolute Gasteiger partial charge is 0.279 e. The summed E-state index contributed by atoms with van der Waals surface area (Å²) in [6.45, 7) is 0. The van der Waals surface area contributed by atoms with Crippen LogP contribution in [0.4, 0.5) is 5.69 Å². The normalized spacial score (nSPS) is 10.9. The van der Waals surface area contributed by atoms with E-state index in [1.807, 2.05) is 18.2 Å². The van der Waals surface area contributed by atoms with Gasteiger partial charge in [0, 0.05) is 5.56 Å². The van der Waals surface area contributed by atoms with E-state index >= 15 is 0 Å². The summed E-state index contributed by atoms with van der Waals surface area (Å²) in [7, 11) is 0. The van der Waals surface area contributed by atoms with E-state index in [-0.39, 0.29) is 28.7 Å². The molecule has 2 N–H and O–H groups in total. The summed E-state index contributed by atoms with van der Waals surface area (Å²) >= 11 is 7.19.